The van der Waals surface area contributed by atoms with E-state index in [1.165, 1.54) is 12.1 Å². The van der Waals surface area contributed by atoms with Gasteiger partial charge in [0.15, 0.2) is 9.84 Å². The maximum Gasteiger partial charge on any atom is 0.255 e. The summed E-state index contributed by atoms with van der Waals surface area (Å²) >= 11 is 0. The molecule has 1 heterocycles. The summed E-state index contributed by atoms with van der Waals surface area (Å²) in [6.07, 6.45) is 3.09. The Bertz CT molecular complexity index is 931. The number of carbonyl (C=O) groups excluding carboxylic acids is 1. The number of anilines is 2. The normalized spacial score (nSPS) is 15.6. The van der Waals surface area contributed by atoms with Gasteiger partial charge in [-0.25, -0.2) is 8.42 Å². The van der Waals surface area contributed by atoms with Gasteiger partial charge in [-0.3, -0.25) is 4.79 Å². The quantitative estimate of drug-likeness (QED) is 0.841. The van der Waals surface area contributed by atoms with Crippen molar-refractivity contribution in [3.8, 4) is 0 Å². The maximum atomic E-state index is 12.6. The van der Waals surface area contributed by atoms with Gasteiger partial charge in [0, 0.05) is 42.3 Å². The van der Waals surface area contributed by atoms with Crippen molar-refractivity contribution in [1.29, 1.82) is 0 Å². The van der Waals surface area contributed by atoms with Crippen LogP contribution in [0.2, 0.25) is 0 Å². The molecule has 6 nitrogen and oxygen atoms in total. The van der Waals surface area contributed by atoms with Gasteiger partial charge in [-0.2, -0.15) is 0 Å². The van der Waals surface area contributed by atoms with Gasteiger partial charge in [-0.05, 0) is 61.7 Å². The highest BCUT2D eigenvalue weighted by molar-refractivity contribution is 7.90. The van der Waals surface area contributed by atoms with Gasteiger partial charge in [0.2, 0.25) is 0 Å². The van der Waals surface area contributed by atoms with Crippen LogP contribution < -0.4 is 16.0 Å². The first-order chi connectivity index (χ1) is 12.7. The molecule has 2 aromatic rings. The highest BCUT2D eigenvalue weighted by Gasteiger charge is 2.17. The molecule has 3 N–H and O–H groups in total. The van der Waals surface area contributed by atoms with Crippen molar-refractivity contribution in [1.82, 2.24) is 0 Å². The van der Waals surface area contributed by atoms with Crippen LogP contribution in [0.25, 0.3) is 0 Å². The Labute approximate surface area is 160 Å². The first-order valence-electron chi connectivity index (χ1n) is 8.97. The van der Waals surface area contributed by atoms with E-state index in [0.717, 1.165) is 43.4 Å². The Balaban J connectivity index is 1.73. The van der Waals surface area contributed by atoms with E-state index in [4.69, 9.17) is 5.73 Å². The zero-order chi connectivity index (χ0) is 19.6. The molecular weight excluding hydrogens is 362 g/mol. The SMILES string of the molecule is Cc1ccc(S(C)(=O)=O)cc1C(=O)Nc1ccc(N2CCC(N)CC2)cc1. The van der Waals surface area contributed by atoms with Gasteiger partial charge in [0.05, 0.1) is 4.90 Å². The number of sulfone groups is 1. The fourth-order valence-corrected chi connectivity index (χ4v) is 3.84. The summed E-state index contributed by atoms with van der Waals surface area (Å²) in [5, 5.41) is 2.84. The molecule has 27 heavy (non-hydrogen) atoms. The van der Waals surface area contributed by atoms with E-state index in [1.54, 1.807) is 13.0 Å². The second-order valence-electron chi connectivity index (χ2n) is 7.07. The summed E-state index contributed by atoms with van der Waals surface area (Å²) in [5.74, 6) is -0.324. The Morgan fingerprint density at radius 1 is 1.11 bits per heavy atom. The summed E-state index contributed by atoms with van der Waals surface area (Å²) < 4.78 is 23.5. The summed E-state index contributed by atoms with van der Waals surface area (Å²) in [5.41, 5.74) is 8.80. The number of amides is 1. The first kappa shape index (κ1) is 19.4. The Hall–Kier alpha value is -2.38. The highest BCUT2D eigenvalue weighted by atomic mass is 32.2. The molecule has 0 aliphatic carbocycles. The fourth-order valence-electron chi connectivity index (χ4n) is 3.19. The lowest BCUT2D eigenvalue weighted by Crippen LogP contribution is -2.39. The minimum absolute atomic E-state index is 0.136. The number of nitrogens with zero attached hydrogens (tertiary/aromatic N) is 1. The number of hydrogen-bond acceptors (Lipinski definition) is 5. The van der Waals surface area contributed by atoms with Crippen LogP contribution in [0.15, 0.2) is 47.4 Å². The Kier molecular flexibility index (Phi) is 5.53. The van der Waals surface area contributed by atoms with Crippen LogP contribution in [0.4, 0.5) is 11.4 Å². The molecule has 0 saturated carbocycles. The Morgan fingerprint density at radius 3 is 2.33 bits per heavy atom. The third kappa shape index (κ3) is 4.67. The van der Waals surface area contributed by atoms with E-state index in [2.05, 4.69) is 10.2 Å². The van der Waals surface area contributed by atoms with Crippen molar-refractivity contribution >= 4 is 27.1 Å². The second-order valence-corrected chi connectivity index (χ2v) is 9.09. The molecule has 0 spiro atoms. The maximum absolute atomic E-state index is 12.6. The van der Waals surface area contributed by atoms with Crippen LogP contribution in [0.5, 0.6) is 0 Å². The van der Waals surface area contributed by atoms with Crippen molar-refractivity contribution in [2.75, 3.05) is 29.6 Å². The van der Waals surface area contributed by atoms with Crippen molar-refractivity contribution < 1.29 is 13.2 Å². The van der Waals surface area contributed by atoms with Gasteiger partial charge >= 0.3 is 0 Å². The number of piperidine rings is 1. The lowest BCUT2D eigenvalue weighted by atomic mass is 10.1. The molecule has 1 fully saturated rings. The number of nitrogens with two attached hydrogens (primary N) is 1. The minimum atomic E-state index is -3.36. The predicted molar refractivity (Wildman–Crippen MR) is 108 cm³/mol. The zero-order valence-corrected chi connectivity index (χ0v) is 16.4. The average Bonchev–Trinajstić information content (AvgIpc) is 2.62. The summed E-state index contributed by atoms with van der Waals surface area (Å²) in [6, 6.07) is 12.5. The zero-order valence-electron chi connectivity index (χ0n) is 15.6. The standard InChI is InChI=1S/C20H25N3O3S/c1-14-3-8-18(27(2,25)26)13-19(14)20(24)22-16-4-6-17(7-5-16)23-11-9-15(21)10-12-23/h3-8,13,15H,9-12,21H2,1-2H3,(H,22,24). The van der Waals surface area contributed by atoms with Crippen molar-refractivity contribution in [2.45, 2.75) is 30.7 Å². The predicted octanol–water partition coefficient (Wildman–Crippen LogP) is 2.58. The van der Waals surface area contributed by atoms with Crippen LogP contribution in [-0.4, -0.2) is 39.7 Å². The van der Waals surface area contributed by atoms with Crippen LogP contribution >= 0.6 is 0 Å². The monoisotopic (exact) mass is 387 g/mol. The van der Waals surface area contributed by atoms with E-state index in [9.17, 15) is 13.2 Å². The lowest BCUT2D eigenvalue weighted by Gasteiger charge is -2.32. The lowest BCUT2D eigenvalue weighted by molar-refractivity contribution is 0.102. The van der Waals surface area contributed by atoms with Gasteiger partial charge in [-0.1, -0.05) is 6.07 Å². The molecule has 0 aromatic heterocycles. The third-order valence-corrected chi connectivity index (χ3v) is 6.02. The molecule has 1 amide bonds. The average molecular weight is 388 g/mol. The smallest absolute Gasteiger partial charge is 0.255 e. The summed E-state index contributed by atoms with van der Waals surface area (Å²) in [7, 11) is -3.36. The van der Waals surface area contributed by atoms with E-state index < -0.39 is 9.84 Å². The molecule has 0 radical (unpaired) electrons. The van der Waals surface area contributed by atoms with E-state index >= 15 is 0 Å². The third-order valence-electron chi connectivity index (χ3n) is 4.91. The van der Waals surface area contributed by atoms with Gasteiger partial charge in [0.1, 0.15) is 0 Å². The van der Waals surface area contributed by atoms with Crippen LogP contribution in [0.1, 0.15) is 28.8 Å². The molecule has 3 rings (SSSR count). The number of carbonyl (C=O) groups is 1. The number of rotatable bonds is 4. The van der Waals surface area contributed by atoms with Crippen molar-refractivity contribution in [3.63, 3.8) is 0 Å². The number of nitrogens with one attached hydrogen (secondary N) is 1. The fraction of sp³-hybridized carbons (Fsp3) is 0.350. The Morgan fingerprint density at radius 2 is 1.74 bits per heavy atom. The van der Waals surface area contributed by atoms with Gasteiger partial charge < -0.3 is 16.0 Å². The summed E-state index contributed by atoms with van der Waals surface area (Å²) in [4.78, 5) is 15.0. The molecule has 2 aromatic carbocycles. The minimum Gasteiger partial charge on any atom is -0.371 e. The topological polar surface area (TPSA) is 92.5 Å². The highest BCUT2D eigenvalue weighted by Crippen LogP contribution is 2.23. The molecule has 1 aliphatic rings. The van der Waals surface area contributed by atoms with E-state index in [0.29, 0.717) is 11.3 Å². The molecule has 0 atom stereocenters. The van der Waals surface area contributed by atoms with E-state index in [-0.39, 0.29) is 16.8 Å². The molecule has 1 saturated heterocycles. The summed E-state index contributed by atoms with van der Waals surface area (Å²) in [6.45, 7) is 3.65. The van der Waals surface area contributed by atoms with Crippen molar-refractivity contribution in [2.24, 2.45) is 5.73 Å². The molecule has 144 valence electrons. The van der Waals surface area contributed by atoms with Gasteiger partial charge in [0.25, 0.3) is 5.91 Å². The molecule has 0 bridgehead atoms. The largest absolute Gasteiger partial charge is 0.371 e. The van der Waals surface area contributed by atoms with Crippen LogP contribution in [-0.2, 0) is 9.84 Å². The second kappa shape index (κ2) is 7.70. The number of aryl methyl sites for hydroxylation is 1. The van der Waals surface area contributed by atoms with Crippen molar-refractivity contribution in [3.05, 3.63) is 53.6 Å². The van der Waals surface area contributed by atoms with E-state index in [1.807, 2.05) is 24.3 Å². The first-order valence-corrected chi connectivity index (χ1v) is 10.9. The molecule has 1 aliphatic heterocycles. The molecule has 7 heteroatoms. The van der Waals surface area contributed by atoms with Gasteiger partial charge in [-0.15, -0.1) is 0 Å². The molecular formula is C20H25N3O3S. The van der Waals surface area contributed by atoms with Crippen LogP contribution in [0.3, 0.4) is 0 Å². The number of benzene rings is 2. The number of hydrogen-bond donors (Lipinski definition) is 2. The molecule has 0 unspecified atom stereocenters. The van der Waals surface area contributed by atoms with Crippen LogP contribution in [0, 0.1) is 6.92 Å².